The van der Waals surface area contributed by atoms with Crippen LogP contribution < -0.4 is 9.47 Å². The third-order valence-corrected chi connectivity index (χ3v) is 5.41. The molecule has 2 bridgehead atoms. The lowest BCUT2D eigenvalue weighted by Crippen LogP contribution is -2.37. The third-order valence-electron chi connectivity index (χ3n) is 5.41. The van der Waals surface area contributed by atoms with Crippen LogP contribution in [0, 0.1) is 6.92 Å². The van der Waals surface area contributed by atoms with Crippen molar-refractivity contribution < 1.29 is 9.47 Å². The highest BCUT2D eigenvalue weighted by Crippen LogP contribution is 2.44. The van der Waals surface area contributed by atoms with E-state index in [1.165, 1.54) is 29.7 Å². The molecule has 0 saturated carbocycles. The van der Waals surface area contributed by atoms with Crippen LogP contribution in [0.2, 0.25) is 0 Å². The molecule has 5 heteroatoms. The number of hydrogen-bond donors (Lipinski definition) is 0. The van der Waals surface area contributed by atoms with Crippen LogP contribution in [0.25, 0.3) is 0 Å². The summed E-state index contributed by atoms with van der Waals surface area (Å²) >= 11 is 0. The molecule has 1 aromatic carbocycles. The molecule has 1 aromatic heterocycles. The molecule has 138 valence electrons. The molecule has 2 aliphatic heterocycles. The molecule has 2 atom stereocenters. The Balaban J connectivity index is 1.57. The van der Waals surface area contributed by atoms with E-state index < -0.39 is 0 Å². The number of fused-ring (bicyclic) bond motifs is 4. The minimum absolute atomic E-state index is 0.132. The number of methoxy groups -OCH3 is 1. The topological polar surface area (TPSA) is 47.5 Å². The van der Waals surface area contributed by atoms with Crippen molar-refractivity contribution in [2.75, 3.05) is 7.11 Å². The highest BCUT2D eigenvalue weighted by atomic mass is 16.5. The maximum atomic E-state index is 5.84. The van der Waals surface area contributed by atoms with E-state index in [1.54, 1.807) is 7.11 Å². The van der Waals surface area contributed by atoms with Crippen LogP contribution in [0.15, 0.2) is 24.4 Å². The van der Waals surface area contributed by atoms with E-state index in [0.717, 1.165) is 30.3 Å². The predicted molar refractivity (Wildman–Crippen MR) is 101 cm³/mol. The van der Waals surface area contributed by atoms with Crippen LogP contribution in [0.5, 0.6) is 11.5 Å². The molecule has 2 aliphatic rings. The molecule has 5 nitrogen and oxygen atoms in total. The summed E-state index contributed by atoms with van der Waals surface area (Å²) in [5.41, 5.74) is 3.82. The fraction of sp³-hybridized carbons (Fsp3) is 0.524. The zero-order valence-corrected chi connectivity index (χ0v) is 16.0. The molecule has 0 amide bonds. The van der Waals surface area contributed by atoms with Gasteiger partial charge in [-0.05, 0) is 51.3 Å². The zero-order valence-electron chi connectivity index (χ0n) is 16.0. The van der Waals surface area contributed by atoms with Gasteiger partial charge in [0.25, 0.3) is 0 Å². The summed E-state index contributed by atoms with van der Waals surface area (Å²) in [4.78, 5) is 11.7. The van der Waals surface area contributed by atoms with Gasteiger partial charge in [0.05, 0.1) is 18.9 Å². The summed E-state index contributed by atoms with van der Waals surface area (Å²) in [6.45, 7) is 6.95. The average Bonchev–Trinajstić information content (AvgIpc) is 2.88. The van der Waals surface area contributed by atoms with Crippen molar-refractivity contribution in [3.05, 3.63) is 47.0 Å². The average molecular weight is 353 g/mol. The molecule has 4 rings (SSSR count). The van der Waals surface area contributed by atoms with Crippen LogP contribution in [0.1, 0.15) is 55.4 Å². The Kier molecular flexibility index (Phi) is 4.57. The molecule has 1 fully saturated rings. The summed E-state index contributed by atoms with van der Waals surface area (Å²) in [6.07, 6.45) is 5.62. The fourth-order valence-corrected chi connectivity index (χ4v) is 4.29. The molecule has 0 spiro atoms. The number of aromatic nitrogens is 2. The SMILES string of the molecule is COc1cc(CN2[C@H]3CC[C@H]2c2cnc(C)nc2C3)ccc1OC(C)C. The van der Waals surface area contributed by atoms with Gasteiger partial charge in [0.2, 0.25) is 0 Å². The Hall–Kier alpha value is -2.14. The number of rotatable bonds is 5. The minimum atomic E-state index is 0.132. The number of ether oxygens (including phenoxy) is 2. The first-order chi connectivity index (χ1) is 12.5. The molecular formula is C21H27N3O2. The standard InChI is InChI=1S/C21H27N3O2/c1-13(2)26-20-8-5-15(9-21(20)25-4)12-24-16-6-7-19(24)17-11-22-14(3)23-18(17)10-16/h5,8-9,11,13,16,19H,6-7,10,12H2,1-4H3/t16-,19-/m0/s1. The van der Waals surface area contributed by atoms with Gasteiger partial charge in [-0.1, -0.05) is 6.07 Å². The smallest absolute Gasteiger partial charge is 0.161 e. The molecule has 26 heavy (non-hydrogen) atoms. The van der Waals surface area contributed by atoms with Crippen molar-refractivity contribution in [3.63, 3.8) is 0 Å². The molecule has 0 unspecified atom stereocenters. The maximum absolute atomic E-state index is 5.84. The first-order valence-corrected chi connectivity index (χ1v) is 9.47. The number of benzene rings is 1. The van der Waals surface area contributed by atoms with Crippen LogP contribution in [0.4, 0.5) is 0 Å². The molecule has 0 aliphatic carbocycles. The van der Waals surface area contributed by atoms with E-state index in [1.807, 2.05) is 33.0 Å². The van der Waals surface area contributed by atoms with E-state index in [4.69, 9.17) is 9.47 Å². The number of aryl methyl sites for hydroxylation is 1. The molecule has 0 radical (unpaired) electrons. The third kappa shape index (κ3) is 3.16. The lowest BCUT2D eigenvalue weighted by molar-refractivity contribution is 0.165. The Morgan fingerprint density at radius 1 is 1.23 bits per heavy atom. The second-order valence-corrected chi connectivity index (χ2v) is 7.59. The van der Waals surface area contributed by atoms with Crippen molar-refractivity contribution in [3.8, 4) is 11.5 Å². The maximum Gasteiger partial charge on any atom is 0.161 e. The summed E-state index contributed by atoms with van der Waals surface area (Å²) < 4.78 is 11.4. The molecule has 2 aromatic rings. The van der Waals surface area contributed by atoms with Gasteiger partial charge in [-0.15, -0.1) is 0 Å². The molecular weight excluding hydrogens is 326 g/mol. The largest absolute Gasteiger partial charge is 0.493 e. The second-order valence-electron chi connectivity index (χ2n) is 7.59. The van der Waals surface area contributed by atoms with E-state index in [-0.39, 0.29) is 6.10 Å². The first kappa shape index (κ1) is 17.3. The summed E-state index contributed by atoms with van der Waals surface area (Å²) in [7, 11) is 1.70. The van der Waals surface area contributed by atoms with Gasteiger partial charge in [-0.2, -0.15) is 0 Å². The lowest BCUT2D eigenvalue weighted by Gasteiger charge is -2.35. The second kappa shape index (κ2) is 6.88. The van der Waals surface area contributed by atoms with E-state index in [2.05, 4.69) is 27.0 Å². The van der Waals surface area contributed by atoms with Gasteiger partial charge in [0.15, 0.2) is 11.5 Å². The van der Waals surface area contributed by atoms with Crippen LogP contribution in [-0.2, 0) is 13.0 Å². The van der Waals surface area contributed by atoms with Crippen LogP contribution >= 0.6 is 0 Å². The Morgan fingerprint density at radius 3 is 2.85 bits per heavy atom. The first-order valence-electron chi connectivity index (χ1n) is 9.47. The Morgan fingerprint density at radius 2 is 2.08 bits per heavy atom. The van der Waals surface area contributed by atoms with Gasteiger partial charge in [-0.25, -0.2) is 9.97 Å². The molecule has 1 saturated heterocycles. The number of nitrogens with zero attached hydrogens (tertiary/aromatic N) is 3. The van der Waals surface area contributed by atoms with Gasteiger partial charge in [0, 0.05) is 36.8 Å². The van der Waals surface area contributed by atoms with Gasteiger partial charge in [-0.3, -0.25) is 4.90 Å². The van der Waals surface area contributed by atoms with Gasteiger partial charge >= 0.3 is 0 Å². The number of hydrogen-bond acceptors (Lipinski definition) is 5. The van der Waals surface area contributed by atoms with E-state index in [9.17, 15) is 0 Å². The molecule has 3 heterocycles. The highest BCUT2D eigenvalue weighted by molar-refractivity contribution is 5.43. The van der Waals surface area contributed by atoms with Gasteiger partial charge in [0.1, 0.15) is 5.82 Å². The van der Waals surface area contributed by atoms with Crippen molar-refractivity contribution in [2.45, 2.75) is 64.8 Å². The quantitative estimate of drug-likeness (QED) is 0.817. The van der Waals surface area contributed by atoms with Crippen molar-refractivity contribution in [1.82, 2.24) is 14.9 Å². The highest BCUT2D eigenvalue weighted by Gasteiger charge is 2.40. The van der Waals surface area contributed by atoms with Crippen LogP contribution in [-0.4, -0.2) is 34.1 Å². The minimum Gasteiger partial charge on any atom is -0.493 e. The zero-order chi connectivity index (χ0) is 18.3. The molecule has 0 N–H and O–H groups in total. The van der Waals surface area contributed by atoms with Crippen molar-refractivity contribution in [1.29, 1.82) is 0 Å². The summed E-state index contributed by atoms with van der Waals surface area (Å²) in [6, 6.07) is 7.29. The Bertz CT molecular complexity index is 806. The summed E-state index contributed by atoms with van der Waals surface area (Å²) in [5, 5.41) is 0. The monoisotopic (exact) mass is 353 g/mol. The predicted octanol–water partition coefficient (Wildman–Crippen LogP) is 3.84. The normalized spacial score (nSPS) is 21.7. The lowest BCUT2D eigenvalue weighted by atomic mass is 9.98. The van der Waals surface area contributed by atoms with E-state index in [0.29, 0.717) is 12.1 Å². The van der Waals surface area contributed by atoms with Gasteiger partial charge < -0.3 is 9.47 Å². The summed E-state index contributed by atoms with van der Waals surface area (Å²) in [5.74, 6) is 2.49. The van der Waals surface area contributed by atoms with E-state index >= 15 is 0 Å². The Labute approximate surface area is 155 Å². The fourth-order valence-electron chi connectivity index (χ4n) is 4.29. The van der Waals surface area contributed by atoms with Crippen molar-refractivity contribution in [2.24, 2.45) is 0 Å². The van der Waals surface area contributed by atoms with Crippen molar-refractivity contribution >= 4 is 0 Å². The van der Waals surface area contributed by atoms with Crippen LogP contribution in [0.3, 0.4) is 0 Å².